The van der Waals surface area contributed by atoms with Crippen LogP contribution in [0, 0.1) is 12.8 Å². The summed E-state index contributed by atoms with van der Waals surface area (Å²) in [4.78, 5) is 0. The van der Waals surface area contributed by atoms with Gasteiger partial charge in [-0.25, -0.2) is 0 Å². The first-order valence-electron chi connectivity index (χ1n) is 6.34. The predicted octanol–water partition coefficient (Wildman–Crippen LogP) is 1.15. The van der Waals surface area contributed by atoms with Crippen LogP contribution in [0.1, 0.15) is 25.0 Å². The number of aromatic hydroxyl groups is 1. The molecule has 92 valence electrons. The van der Waals surface area contributed by atoms with Crippen LogP contribution >= 0.6 is 0 Å². The van der Waals surface area contributed by atoms with Gasteiger partial charge in [-0.3, -0.25) is 0 Å². The average molecular weight is 276 g/mol. The zero-order valence-corrected chi connectivity index (χ0v) is 14.9. The van der Waals surface area contributed by atoms with Crippen LogP contribution in [0.25, 0.3) is 11.1 Å². The number of rotatable bonds is 1. The molecule has 0 bridgehead atoms. The van der Waals surface area contributed by atoms with Crippen molar-refractivity contribution in [2.24, 2.45) is 5.92 Å². The topological polar surface area (TPSA) is 20.2 Å². The maximum Gasteiger partial charge on any atom is 1.00 e. The Kier molecular flexibility index (Phi) is 4.29. The van der Waals surface area contributed by atoms with Crippen molar-refractivity contribution < 1.29 is 56.5 Å². The molecular weight excluding hydrogens is 259 g/mol. The molecule has 2 aromatic rings. The van der Waals surface area contributed by atoms with Crippen molar-refractivity contribution in [2.45, 2.75) is 19.3 Å². The van der Waals surface area contributed by atoms with E-state index < -0.39 is 0 Å². The Morgan fingerprint density at radius 1 is 1.00 bits per heavy atom. The summed E-state index contributed by atoms with van der Waals surface area (Å²) in [7, 11) is 0. The Morgan fingerprint density at radius 2 is 1.63 bits per heavy atom. The van der Waals surface area contributed by atoms with Gasteiger partial charge in [0.15, 0.2) is 0 Å². The minimum atomic E-state index is -0.209. The fraction of sp³-hybridized carbons (Fsp3) is 0.235. The summed E-state index contributed by atoms with van der Waals surface area (Å²) in [6.45, 7) is 8.90. The van der Waals surface area contributed by atoms with E-state index in [1.807, 2.05) is 18.2 Å². The molecule has 0 saturated carbocycles. The molecule has 0 saturated heterocycles. The van der Waals surface area contributed by atoms with E-state index >= 15 is 0 Å². The van der Waals surface area contributed by atoms with Crippen molar-refractivity contribution in [3.8, 4) is 16.9 Å². The molecule has 0 fully saturated rings. The van der Waals surface area contributed by atoms with Gasteiger partial charge >= 0.3 is 51.4 Å². The van der Waals surface area contributed by atoms with Crippen LogP contribution in [0.4, 0.5) is 0 Å². The fourth-order valence-electron chi connectivity index (χ4n) is 3.02. The van der Waals surface area contributed by atoms with Gasteiger partial charge in [0, 0.05) is 0 Å². The van der Waals surface area contributed by atoms with Crippen molar-refractivity contribution in [3.05, 3.63) is 60.5 Å². The zero-order valence-electron chi connectivity index (χ0n) is 11.8. The largest absolute Gasteiger partial charge is 1.00 e. The smallest absolute Gasteiger partial charge is 0.508 e. The minimum Gasteiger partial charge on any atom is -0.508 e. The molecule has 0 spiro atoms. The molecule has 3 rings (SSSR count). The number of fused-ring (bicyclic) bond motifs is 3. The number of hydrogen-bond donors (Lipinski definition) is 1. The number of phenolic OH excluding ortho intramolecular Hbond substituents is 1. The molecule has 1 N–H and O–H groups in total. The van der Waals surface area contributed by atoms with E-state index in [0.29, 0.717) is 11.7 Å². The van der Waals surface area contributed by atoms with Gasteiger partial charge in [0.25, 0.3) is 0 Å². The van der Waals surface area contributed by atoms with Gasteiger partial charge in [-0.2, -0.15) is 0 Å². The molecule has 0 aromatic heterocycles. The van der Waals surface area contributed by atoms with Crippen molar-refractivity contribution in [1.29, 1.82) is 0 Å². The third-order valence-electron chi connectivity index (χ3n) is 4.17. The van der Waals surface area contributed by atoms with Gasteiger partial charge < -0.3 is 12.0 Å². The second-order valence-electron chi connectivity index (χ2n) is 5.40. The molecule has 1 nitrogen and oxygen atoms in total. The molecular formula is C17H17KO. The number of phenols is 1. The van der Waals surface area contributed by atoms with Crippen molar-refractivity contribution >= 4 is 0 Å². The van der Waals surface area contributed by atoms with E-state index in [1.165, 1.54) is 16.7 Å². The van der Waals surface area contributed by atoms with Crippen LogP contribution in [0.3, 0.4) is 0 Å². The van der Waals surface area contributed by atoms with Crippen molar-refractivity contribution in [3.63, 3.8) is 0 Å². The summed E-state index contributed by atoms with van der Waals surface area (Å²) in [6, 6.07) is 14.0. The van der Waals surface area contributed by atoms with Gasteiger partial charge in [0.1, 0.15) is 5.75 Å². The van der Waals surface area contributed by atoms with Crippen LogP contribution in [0.15, 0.2) is 42.5 Å². The summed E-state index contributed by atoms with van der Waals surface area (Å²) >= 11 is 0. The molecule has 0 aliphatic heterocycles. The Balaban J connectivity index is 0.00000133. The van der Waals surface area contributed by atoms with Gasteiger partial charge in [-0.1, -0.05) is 61.2 Å². The summed E-state index contributed by atoms with van der Waals surface area (Å²) in [5.74, 6) is 0.723. The van der Waals surface area contributed by atoms with Crippen LogP contribution < -0.4 is 51.4 Å². The molecule has 2 aromatic carbocycles. The summed E-state index contributed by atoms with van der Waals surface area (Å²) in [5.41, 5.74) is 4.60. The number of hydrogen-bond acceptors (Lipinski definition) is 1. The molecule has 1 aliphatic rings. The van der Waals surface area contributed by atoms with E-state index in [0.717, 1.165) is 5.56 Å². The van der Waals surface area contributed by atoms with E-state index in [9.17, 15) is 5.11 Å². The summed E-state index contributed by atoms with van der Waals surface area (Å²) in [6.07, 6.45) is 0. The van der Waals surface area contributed by atoms with Crippen molar-refractivity contribution in [1.82, 2.24) is 0 Å². The van der Waals surface area contributed by atoms with Crippen LogP contribution in [0.2, 0.25) is 0 Å². The maximum atomic E-state index is 9.71. The first-order chi connectivity index (χ1) is 8.55. The second-order valence-corrected chi connectivity index (χ2v) is 5.40. The molecule has 1 aliphatic carbocycles. The minimum absolute atomic E-state index is 0. The Bertz CT molecular complexity index is 618. The van der Waals surface area contributed by atoms with E-state index in [2.05, 4.69) is 39.0 Å². The van der Waals surface area contributed by atoms with Crippen LogP contribution in [-0.2, 0) is 5.41 Å². The van der Waals surface area contributed by atoms with E-state index in [1.54, 1.807) is 6.07 Å². The third-order valence-corrected chi connectivity index (χ3v) is 4.17. The van der Waals surface area contributed by atoms with Crippen LogP contribution in [0.5, 0.6) is 5.75 Å². The zero-order chi connectivity index (χ0) is 12.9. The molecule has 2 heteroatoms. The predicted molar refractivity (Wildman–Crippen MR) is 74.5 cm³/mol. The molecule has 1 atom stereocenters. The van der Waals surface area contributed by atoms with Gasteiger partial charge in [0.05, 0.1) is 0 Å². The average Bonchev–Trinajstić information content (AvgIpc) is 2.61. The molecule has 1 unspecified atom stereocenters. The monoisotopic (exact) mass is 276 g/mol. The summed E-state index contributed by atoms with van der Waals surface area (Å²) < 4.78 is 0. The van der Waals surface area contributed by atoms with E-state index in [4.69, 9.17) is 0 Å². The normalized spacial score (nSPS) is 19.8. The van der Waals surface area contributed by atoms with Gasteiger partial charge in [0.2, 0.25) is 0 Å². The third kappa shape index (κ3) is 2.14. The van der Waals surface area contributed by atoms with Gasteiger partial charge in [-0.15, -0.1) is 5.41 Å². The standard InChI is InChI=1S/C17H17O.K/c1-11(2)17(3)15-7-5-4-6-13(15)14-10-12(18)8-9-16(14)17;/h4-11,18H,3H2,1-2H3;/q-1;+1. The first-order valence-corrected chi connectivity index (χ1v) is 6.34. The van der Waals surface area contributed by atoms with Crippen molar-refractivity contribution in [2.75, 3.05) is 0 Å². The Labute approximate surface area is 157 Å². The Hall–Kier alpha value is -0.124. The SMILES string of the molecule is [CH2-]C1(C(C)C)c2ccccc2-c2cc(O)ccc21.[K+]. The van der Waals surface area contributed by atoms with E-state index in [-0.39, 0.29) is 56.8 Å². The van der Waals surface area contributed by atoms with Gasteiger partial charge in [-0.05, 0) is 23.3 Å². The first kappa shape index (κ1) is 15.3. The number of benzene rings is 2. The molecule has 0 amide bonds. The van der Waals surface area contributed by atoms with Crippen LogP contribution in [-0.4, -0.2) is 5.11 Å². The maximum absolute atomic E-state index is 9.71. The molecule has 0 radical (unpaired) electrons. The second kappa shape index (κ2) is 5.34. The Morgan fingerprint density at radius 3 is 2.32 bits per heavy atom. The summed E-state index contributed by atoms with van der Waals surface area (Å²) in [5, 5.41) is 9.71. The molecule has 0 heterocycles. The molecule has 19 heavy (non-hydrogen) atoms. The quantitative estimate of drug-likeness (QED) is 0.612. The fourth-order valence-corrected chi connectivity index (χ4v) is 3.02.